The third-order valence-corrected chi connectivity index (χ3v) is 6.63. The molecule has 2 fully saturated rings. The van der Waals surface area contributed by atoms with E-state index < -0.39 is 6.10 Å². The molecule has 0 spiro atoms. The zero-order valence-electron chi connectivity index (χ0n) is 19.3. The minimum Gasteiger partial charge on any atom is -0.504 e. The molecule has 2 aromatic rings. The minimum atomic E-state index is -0.484. The van der Waals surface area contributed by atoms with Crippen molar-refractivity contribution in [2.45, 2.75) is 75.8 Å². The second-order valence-electron chi connectivity index (χ2n) is 9.01. The molecule has 1 saturated heterocycles. The van der Waals surface area contributed by atoms with Crippen LogP contribution in [0.15, 0.2) is 30.3 Å². The van der Waals surface area contributed by atoms with Gasteiger partial charge in [-0.1, -0.05) is 6.07 Å². The summed E-state index contributed by atoms with van der Waals surface area (Å²) in [4.78, 5) is 0. The van der Waals surface area contributed by atoms with Gasteiger partial charge in [-0.15, -0.1) is 0 Å². The maximum atomic E-state index is 10.6. The molecular weight excluding hydrogens is 424 g/mol. The van der Waals surface area contributed by atoms with Gasteiger partial charge in [-0.3, -0.25) is 0 Å². The fourth-order valence-electron chi connectivity index (χ4n) is 4.82. The Morgan fingerprint density at radius 3 is 2.39 bits per heavy atom. The smallest absolute Gasteiger partial charge is 0.200 e. The molecule has 3 N–H and O–H groups in total. The number of aromatic hydroxyl groups is 2. The first-order valence-electron chi connectivity index (χ1n) is 11.7. The molecule has 2 aliphatic rings. The van der Waals surface area contributed by atoms with Crippen LogP contribution < -0.4 is 14.2 Å². The van der Waals surface area contributed by atoms with Gasteiger partial charge in [0.1, 0.15) is 0 Å². The average molecular weight is 459 g/mol. The number of methoxy groups -OCH3 is 2. The van der Waals surface area contributed by atoms with Gasteiger partial charge in [0.05, 0.1) is 38.6 Å². The molecule has 0 unspecified atom stereocenters. The van der Waals surface area contributed by atoms with Crippen molar-refractivity contribution in [3.05, 3.63) is 41.5 Å². The Hall–Kier alpha value is -2.64. The van der Waals surface area contributed by atoms with Gasteiger partial charge in [-0.25, -0.2) is 0 Å². The lowest BCUT2D eigenvalue weighted by atomic mass is 9.93. The first-order valence-corrected chi connectivity index (χ1v) is 11.7. The predicted molar refractivity (Wildman–Crippen MR) is 123 cm³/mol. The number of rotatable bonds is 8. The van der Waals surface area contributed by atoms with Crippen molar-refractivity contribution in [2.24, 2.45) is 0 Å². The zero-order valence-corrected chi connectivity index (χ0v) is 19.3. The molecule has 1 aliphatic heterocycles. The predicted octanol–water partition coefficient (Wildman–Crippen LogP) is 4.65. The third-order valence-electron chi connectivity index (χ3n) is 6.63. The molecule has 0 radical (unpaired) electrons. The zero-order chi connectivity index (χ0) is 23.4. The Balaban J connectivity index is 1.47. The van der Waals surface area contributed by atoms with Crippen LogP contribution in [0.1, 0.15) is 62.2 Å². The second kappa shape index (κ2) is 10.5. The fourth-order valence-corrected chi connectivity index (χ4v) is 4.82. The van der Waals surface area contributed by atoms with E-state index in [0.29, 0.717) is 30.1 Å². The van der Waals surface area contributed by atoms with Crippen LogP contribution in [0.4, 0.5) is 0 Å². The topological polar surface area (TPSA) is 97.6 Å². The summed E-state index contributed by atoms with van der Waals surface area (Å²) in [7, 11) is 3.05. The molecular formula is C26H34O7. The summed E-state index contributed by atoms with van der Waals surface area (Å²) in [5, 5.41) is 30.9. The molecule has 7 heteroatoms. The number of phenols is 2. The molecule has 0 aromatic heterocycles. The summed E-state index contributed by atoms with van der Waals surface area (Å²) < 4.78 is 23.1. The van der Waals surface area contributed by atoms with Gasteiger partial charge >= 0.3 is 0 Å². The first kappa shape index (κ1) is 23.5. The van der Waals surface area contributed by atoms with Crippen molar-refractivity contribution in [2.75, 3.05) is 14.2 Å². The van der Waals surface area contributed by atoms with Crippen molar-refractivity contribution >= 4 is 0 Å². The molecule has 180 valence electrons. The average Bonchev–Trinajstić information content (AvgIpc) is 3.32. The molecule has 1 heterocycles. The quantitative estimate of drug-likeness (QED) is 0.530. The normalized spacial score (nSPS) is 23.4. The molecule has 33 heavy (non-hydrogen) atoms. The highest BCUT2D eigenvalue weighted by Gasteiger charge is 2.31. The number of hydrogen-bond acceptors (Lipinski definition) is 7. The molecule has 3 atom stereocenters. The number of aliphatic hydroxyl groups excluding tert-OH is 1. The van der Waals surface area contributed by atoms with Crippen molar-refractivity contribution in [1.82, 2.24) is 0 Å². The largest absolute Gasteiger partial charge is 0.504 e. The van der Waals surface area contributed by atoms with Crippen LogP contribution in [0.5, 0.6) is 28.7 Å². The Labute approximate surface area is 194 Å². The summed E-state index contributed by atoms with van der Waals surface area (Å²) in [5.41, 5.74) is 1.86. The van der Waals surface area contributed by atoms with E-state index in [0.717, 1.165) is 49.7 Å². The molecule has 0 amide bonds. The van der Waals surface area contributed by atoms with Gasteiger partial charge in [0.2, 0.25) is 5.75 Å². The first-order chi connectivity index (χ1) is 16.0. The van der Waals surface area contributed by atoms with Crippen LogP contribution in [-0.2, 0) is 11.2 Å². The number of benzene rings is 2. The van der Waals surface area contributed by atoms with Gasteiger partial charge in [-0.05, 0) is 80.3 Å². The van der Waals surface area contributed by atoms with Crippen molar-refractivity contribution in [1.29, 1.82) is 0 Å². The van der Waals surface area contributed by atoms with Crippen molar-refractivity contribution in [3.63, 3.8) is 0 Å². The molecule has 0 bridgehead atoms. The fraction of sp³-hybridized carbons (Fsp3) is 0.538. The van der Waals surface area contributed by atoms with Gasteiger partial charge in [0.25, 0.3) is 0 Å². The Morgan fingerprint density at radius 1 is 0.939 bits per heavy atom. The summed E-state index contributed by atoms with van der Waals surface area (Å²) in [6.07, 6.45) is 5.88. The van der Waals surface area contributed by atoms with E-state index in [-0.39, 0.29) is 29.8 Å². The maximum Gasteiger partial charge on any atom is 0.200 e. The van der Waals surface area contributed by atoms with Gasteiger partial charge in [-0.2, -0.15) is 0 Å². The van der Waals surface area contributed by atoms with E-state index in [1.54, 1.807) is 12.1 Å². The molecule has 1 aliphatic carbocycles. The summed E-state index contributed by atoms with van der Waals surface area (Å²) in [6, 6.07) is 8.90. The lowest BCUT2D eigenvalue weighted by Gasteiger charge is -2.34. The Morgan fingerprint density at radius 2 is 1.67 bits per heavy atom. The number of aryl methyl sites for hydroxylation is 1. The standard InChI is InChI=1S/C26H34O7/c1-30-23-11-16(8-10-21(23)28)7-9-20-14-18(27)15-22(33-20)17-12-24(31-2)26(29)25(13-17)32-19-5-3-4-6-19/h8,10-13,18-20,22,27-29H,3-7,9,14-15H2,1-2H3/t18-,20-,22-/m0/s1. The number of hydrogen-bond donors (Lipinski definition) is 3. The van der Waals surface area contributed by atoms with Crippen LogP contribution in [0.3, 0.4) is 0 Å². The van der Waals surface area contributed by atoms with E-state index >= 15 is 0 Å². The summed E-state index contributed by atoms with van der Waals surface area (Å²) in [6.45, 7) is 0. The van der Waals surface area contributed by atoms with Crippen molar-refractivity contribution in [3.8, 4) is 28.7 Å². The second-order valence-corrected chi connectivity index (χ2v) is 9.01. The SMILES string of the molecule is COc1cc(CC[C@H]2C[C@H](O)C[C@@H](c3cc(OC)c(O)c(OC4CCCC4)c3)O2)ccc1O. The third kappa shape index (κ3) is 5.65. The lowest BCUT2D eigenvalue weighted by molar-refractivity contribution is -0.0999. The van der Waals surface area contributed by atoms with E-state index in [4.69, 9.17) is 18.9 Å². The maximum absolute atomic E-state index is 10.6. The molecule has 2 aromatic carbocycles. The molecule has 7 nitrogen and oxygen atoms in total. The van der Waals surface area contributed by atoms with E-state index in [9.17, 15) is 15.3 Å². The number of aliphatic hydroxyl groups is 1. The molecule has 1 saturated carbocycles. The van der Waals surface area contributed by atoms with Crippen LogP contribution in [0.25, 0.3) is 0 Å². The highest BCUT2D eigenvalue weighted by molar-refractivity contribution is 5.53. The highest BCUT2D eigenvalue weighted by atomic mass is 16.5. The Kier molecular flexibility index (Phi) is 7.50. The van der Waals surface area contributed by atoms with Crippen molar-refractivity contribution < 1.29 is 34.3 Å². The van der Waals surface area contributed by atoms with Crippen LogP contribution in [-0.4, -0.2) is 47.9 Å². The van der Waals surface area contributed by atoms with Gasteiger partial charge in [0, 0.05) is 6.42 Å². The monoisotopic (exact) mass is 458 g/mol. The Bertz CT molecular complexity index is 938. The van der Waals surface area contributed by atoms with E-state index in [2.05, 4.69) is 0 Å². The van der Waals surface area contributed by atoms with Gasteiger partial charge in [0.15, 0.2) is 23.0 Å². The van der Waals surface area contributed by atoms with E-state index in [1.165, 1.54) is 14.2 Å². The lowest BCUT2D eigenvalue weighted by Crippen LogP contribution is -2.31. The summed E-state index contributed by atoms with van der Waals surface area (Å²) in [5.74, 6) is 1.32. The minimum absolute atomic E-state index is 0.00216. The van der Waals surface area contributed by atoms with Gasteiger partial charge < -0.3 is 34.3 Å². The van der Waals surface area contributed by atoms with Crippen LogP contribution in [0, 0.1) is 0 Å². The summed E-state index contributed by atoms with van der Waals surface area (Å²) >= 11 is 0. The number of ether oxygens (including phenoxy) is 4. The van der Waals surface area contributed by atoms with Crippen LogP contribution in [0.2, 0.25) is 0 Å². The van der Waals surface area contributed by atoms with E-state index in [1.807, 2.05) is 18.2 Å². The van der Waals surface area contributed by atoms with Crippen LogP contribution >= 0.6 is 0 Å². The molecule has 4 rings (SSSR count). The number of phenolic OH excluding ortho intramolecular Hbond substituents is 2. The highest BCUT2D eigenvalue weighted by Crippen LogP contribution is 2.43.